The van der Waals surface area contributed by atoms with Gasteiger partial charge in [0.05, 0.1) is 12.0 Å². The van der Waals surface area contributed by atoms with Crippen molar-refractivity contribution in [1.29, 1.82) is 0 Å². The number of carbonyl (C=O) groups is 1. The van der Waals surface area contributed by atoms with E-state index >= 15 is 0 Å². The summed E-state index contributed by atoms with van der Waals surface area (Å²) < 4.78 is 0. The molecule has 2 atom stereocenters. The lowest BCUT2D eigenvalue weighted by Crippen LogP contribution is -2.17. The second-order valence-electron chi connectivity index (χ2n) is 4.34. The summed E-state index contributed by atoms with van der Waals surface area (Å²) in [5.41, 5.74) is 0.881. The molecule has 0 aromatic heterocycles. The molecule has 0 bridgehead atoms. The van der Waals surface area contributed by atoms with Crippen molar-refractivity contribution in [2.45, 2.75) is 12.0 Å². The van der Waals surface area contributed by atoms with Crippen LogP contribution in [0.3, 0.4) is 0 Å². The average molecular weight is 224 g/mol. The average Bonchev–Trinajstić information content (AvgIpc) is 2.68. The number of allylic oxidation sites excluding steroid dienone is 1. The van der Waals surface area contributed by atoms with Crippen LogP contribution in [0, 0.1) is 0 Å². The maximum atomic E-state index is 11.7. The molecule has 1 N–H and O–H groups in total. The Kier molecular flexibility index (Phi) is 2.30. The second kappa shape index (κ2) is 3.82. The number of ketones is 1. The maximum Gasteiger partial charge on any atom is 0.165 e. The largest absolute Gasteiger partial charge is 0.388 e. The van der Waals surface area contributed by atoms with Crippen molar-refractivity contribution >= 4 is 16.6 Å². The van der Waals surface area contributed by atoms with Crippen LogP contribution in [0.2, 0.25) is 0 Å². The SMILES string of the molecule is O=C1C=C[C@H](O)[C@H]1c1ccc2ccccc2c1. The first-order chi connectivity index (χ1) is 8.25. The summed E-state index contributed by atoms with van der Waals surface area (Å²) in [5, 5.41) is 12.0. The lowest BCUT2D eigenvalue weighted by Gasteiger charge is -2.14. The van der Waals surface area contributed by atoms with E-state index in [4.69, 9.17) is 0 Å². The van der Waals surface area contributed by atoms with E-state index in [2.05, 4.69) is 0 Å². The first-order valence-electron chi connectivity index (χ1n) is 5.64. The van der Waals surface area contributed by atoms with Crippen LogP contribution in [0.15, 0.2) is 54.6 Å². The van der Waals surface area contributed by atoms with Gasteiger partial charge in [-0.2, -0.15) is 0 Å². The summed E-state index contributed by atoms with van der Waals surface area (Å²) in [4.78, 5) is 11.7. The van der Waals surface area contributed by atoms with E-state index in [9.17, 15) is 9.90 Å². The van der Waals surface area contributed by atoms with Crippen LogP contribution in [0.25, 0.3) is 10.8 Å². The highest BCUT2D eigenvalue weighted by Crippen LogP contribution is 2.29. The van der Waals surface area contributed by atoms with Gasteiger partial charge in [-0.15, -0.1) is 0 Å². The molecule has 1 aliphatic carbocycles. The van der Waals surface area contributed by atoms with Crippen molar-refractivity contribution in [2.24, 2.45) is 0 Å². The van der Waals surface area contributed by atoms with Gasteiger partial charge in [0.2, 0.25) is 0 Å². The molecule has 0 saturated carbocycles. The van der Waals surface area contributed by atoms with E-state index in [1.165, 1.54) is 6.08 Å². The molecule has 0 fully saturated rings. The summed E-state index contributed by atoms with van der Waals surface area (Å²) in [6, 6.07) is 13.9. The number of hydrogen-bond acceptors (Lipinski definition) is 2. The fraction of sp³-hybridized carbons (Fsp3) is 0.133. The number of carbonyl (C=O) groups excluding carboxylic acids is 1. The monoisotopic (exact) mass is 224 g/mol. The van der Waals surface area contributed by atoms with Crippen LogP contribution in [0.5, 0.6) is 0 Å². The van der Waals surface area contributed by atoms with Crippen molar-refractivity contribution in [3.8, 4) is 0 Å². The molecule has 0 amide bonds. The number of rotatable bonds is 1. The molecule has 2 aromatic rings. The minimum Gasteiger partial charge on any atom is -0.388 e. The zero-order valence-corrected chi connectivity index (χ0v) is 9.21. The fourth-order valence-corrected chi connectivity index (χ4v) is 2.34. The van der Waals surface area contributed by atoms with Crippen molar-refractivity contribution in [2.75, 3.05) is 0 Å². The third kappa shape index (κ3) is 1.67. The molecule has 0 aliphatic heterocycles. The van der Waals surface area contributed by atoms with Gasteiger partial charge in [0.1, 0.15) is 0 Å². The molecule has 3 rings (SSSR count). The Bertz CT molecular complexity index is 613. The number of fused-ring (bicyclic) bond motifs is 1. The lowest BCUT2D eigenvalue weighted by molar-refractivity contribution is -0.116. The normalized spacial score (nSPS) is 23.5. The fourth-order valence-electron chi connectivity index (χ4n) is 2.34. The summed E-state index contributed by atoms with van der Waals surface area (Å²) >= 11 is 0. The molecule has 2 heteroatoms. The summed E-state index contributed by atoms with van der Waals surface area (Å²) in [6.07, 6.45) is 2.33. The van der Waals surface area contributed by atoms with E-state index in [1.807, 2.05) is 42.5 Å². The summed E-state index contributed by atoms with van der Waals surface area (Å²) in [6.45, 7) is 0. The van der Waals surface area contributed by atoms with Gasteiger partial charge >= 0.3 is 0 Å². The predicted octanol–water partition coefficient (Wildman–Crippen LogP) is 2.42. The number of aliphatic hydroxyl groups excluding tert-OH is 1. The van der Waals surface area contributed by atoms with Gasteiger partial charge in [-0.25, -0.2) is 0 Å². The second-order valence-corrected chi connectivity index (χ2v) is 4.34. The zero-order valence-electron chi connectivity index (χ0n) is 9.21. The first-order valence-corrected chi connectivity index (χ1v) is 5.64. The van der Waals surface area contributed by atoms with E-state index in [0.29, 0.717) is 0 Å². The van der Waals surface area contributed by atoms with Crippen LogP contribution in [0.1, 0.15) is 11.5 Å². The first kappa shape index (κ1) is 10.2. The third-order valence-electron chi connectivity index (χ3n) is 3.24. The number of benzene rings is 2. The predicted molar refractivity (Wildman–Crippen MR) is 66.8 cm³/mol. The van der Waals surface area contributed by atoms with Crippen molar-refractivity contribution in [3.05, 3.63) is 60.2 Å². The van der Waals surface area contributed by atoms with E-state index < -0.39 is 12.0 Å². The summed E-state index contributed by atoms with van der Waals surface area (Å²) in [7, 11) is 0. The molecular formula is C15H12O2. The smallest absolute Gasteiger partial charge is 0.165 e. The molecule has 2 nitrogen and oxygen atoms in total. The number of hydrogen-bond donors (Lipinski definition) is 1. The van der Waals surface area contributed by atoms with Gasteiger partial charge < -0.3 is 5.11 Å². The van der Waals surface area contributed by atoms with Crippen molar-refractivity contribution in [1.82, 2.24) is 0 Å². The van der Waals surface area contributed by atoms with Gasteiger partial charge in [0.25, 0.3) is 0 Å². The van der Waals surface area contributed by atoms with Crippen LogP contribution < -0.4 is 0 Å². The molecule has 0 heterocycles. The Labute approximate surface area is 99.2 Å². The van der Waals surface area contributed by atoms with E-state index in [-0.39, 0.29) is 5.78 Å². The highest BCUT2D eigenvalue weighted by atomic mass is 16.3. The Morgan fingerprint density at radius 2 is 1.76 bits per heavy atom. The maximum absolute atomic E-state index is 11.7. The molecule has 0 spiro atoms. The minimum atomic E-state index is -0.691. The highest BCUT2D eigenvalue weighted by molar-refractivity contribution is 5.99. The van der Waals surface area contributed by atoms with E-state index in [0.717, 1.165) is 16.3 Å². The highest BCUT2D eigenvalue weighted by Gasteiger charge is 2.29. The van der Waals surface area contributed by atoms with Gasteiger partial charge in [0, 0.05) is 0 Å². The molecule has 84 valence electrons. The Hall–Kier alpha value is -1.93. The van der Waals surface area contributed by atoms with Gasteiger partial charge in [-0.05, 0) is 22.4 Å². The van der Waals surface area contributed by atoms with Crippen LogP contribution in [-0.4, -0.2) is 17.0 Å². The Balaban J connectivity index is 2.09. The van der Waals surface area contributed by atoms with Gasteiger partial charge in [0.15, 0.2) is 5.78 Å². The Morgan fingerprint density at radius 1 is 1.00 bits per heavy atom. The standard InChI is InChI=1S/C15H12O2/c16-13-7-8-14(17)15(13)12-6-5-10-3-1-2-4-11(10)9-12/h1-9,13,15-16H/t13-,15+/m0/s1. The molecular weight excluding hydrogens is 212 g/mol. The summed E-state index contributed by atoms with van der Waals surface area (Å²) in [5.74, 6) is -0.451. The molecule has 2 aromatic carbocycles. The van der Waals surface area contributed by atoms with Crippen LogP contribution >= 0.6 is 0 Å². The number of aliphatic hydroxyl groups is 1. The molecule has 0 saturated heterocycles. The Morgan fingerprint density at radius 3 is 2.47 bits per heavy atom. The molecule has 1 aliphatic rings. The van der Waals surface area contributed by atoms with Crippen LogP contribution in [0.4, 0.5) is 0 Å². The van der Waals surface area contributed by atoms with Crippen molar-refractivity contribution in [3.63, 3.8) is 0 Å². The van der Waals surface area contributed by atoms with Gasteiger partial charge in [-0.3, -0.25) is 4.79 Å². The topological polar surface area (TPSA) is 37.3 Å². The van der Waals surface area contributed by atoms with E-state index in [1.54, 1.807) is 6.08 Å². The third-order valence-corrected chi connectivity index (χ3v) is 3.24. The quantitative estimate of drug-likeness (QED) is 0.807. The molecule has 0 unspecified atom stereocenters. The van der Waals surface area contributed by atoms with Gasteiger partial charge in [-0.1, -0.05) is 48.5 Å². The lowest BCUT2D eigenvalue weighted by atomic mass is 9.92. The van der Waals surface area contributed by atoms with Crippen molar-refractivity contribution < 1.29 is 9.90 Å². The molecule has 0 radical (unpaired) electrons. The molecule has 17 heavy (non-hydrogen) atoms. The van der Waals surface area contributed by atoms with Crippen LogP contribution in [-0.2, 0) is 4.79 Å². The minimum absolute atomic E-state index is 0.0206. The zero-order chi connectivity index (χ0) is 11.8.